The van der Waals surface area contributed by atoms with E-state index in [1.165, 1.54) is 6.26 Å². The van der Waals surface area contributed by atoms with Crippen LogP contribution in [0.25, 0.3) is 11.3 Å². The van der Waals surface area contributed by atoms with Crippen LogP contribution >= 0.6 is 0 Å². The molecule has 0 aliphatic carbocycles. The molecule has 1 aromatic carbocycles. The van der Waals surface area contributed by atoms with E-state index in [2.05, 4.69) is 4.98 Å². The molecule has 0 bridgehead atoms. The lowest BCUT2D eigenvalue weighted by molar-refractivity contribution is 0.174. The minimum Gasteiger partial charge on any atom is -0.454 e. The Balaban J connectivity index is 1.88. The molecule has 6 heteroatoms. The van der Waals surface area contributed by atoms with E-state index in [0.717, 1.165) is 17.0 Å². The smallest absolute Gasteiger partial charge is 0.231 e. The summed E-state index contributed by atoms with van der Waals surface area (Å²) in [5, 5.41) is 0. The van der Waals surface area contributed by atoms with Crippen LogP contribution in [-0.2, 0) is 15.6 Å². The van der Waals surface area contributed by atoms with E-state index in [9.17, 15) is 8.42 Å². The summed E-state index contributed by atoms with van der Waals surface area (Å²) in [7, 11) is -3.04. The fourth-order valence-electron chi connectivity index (χ4n) is 2.04. The van der Waals surface area contributed by atoms with Gasteiger partial charge in [-0.3, -0.25) is 4.98 Å². The molecule has 20 heavy (non-hydrogen) atoms. The summed E-state index contributed by atoms with van der Waals surface area (Å²) in [6.45, 7) is 0.236. The molecule has 2 heterocycles. The highest BCUT2D eigenvalue weighted by molar-refractivity contribution is 7.89. The van der Waals surface area contributed by atoms with Gasteiger partial charge >= 0.3 is 0 Å². The van der Waals surface area contributed by atoms with Crippen molar-refractivity contribution in [1.29, 1.82) is 0 Å². The molecular formula is C14H13NO4S. The molecule has 0 radical (unpaired) electrons. The van der Waals surface area contributed by atoms with Gasteiger partial charge in [-0.05, 0) is 29.8 Å². The van der Waals surface area contributed by atoms with E-state index in [4.69, 9.17) is 9.47 Å². The molecule has 1 aromatic heterocycles. The summed E-state index contributed by atoms with van der Waals surface area (Å²) in [5.41, 5.74) is 2.35. The molecule has 0 spiro atoms. The summed E-state index contributed by atoms with van der Waals surface area (Å²) >= 11 is 0. The Bertz CT molecular complexity index is 738. The second-order valence-electron chi connectivity index (χ2n) is 4.69. The monoisotopic (exact) mass is 291 g/mol. The van der Waals surface area contributed by atoms with E-state index in [1.54, 1.807) is 18.3 Å². The minimum absolute atomic E-state index is 0.00141. The van der Waals surface area contributed by atoms with Crippen molar-refractivity contribution in [2.75, 3.05) is 13.0 Å². The second-order valence-corrected chi connectivity index (χ2v) is 6.83. The van der Waals surface area contributed by atoms with Crippen molar-refractivity contribution in [3.63, 3.8) is 0 Å². The molecule has 3 rings (SSSR count). The van der Waals surface area contributed by atoms with E-state index in [0.29, 0.717) is 11.3 Å². The van der Waals surface area contributed by atoms with Crippen molar-refractivity contribution in [3.05, 3.63) is 42.1 Å². The van der Waals surface area contributed by atoms with Gasteiger partial charge < -0.3 is 9.47 Å². The summed E-state index contributed by atoms with van der Waals surface area (Å²) in [6.07, 6.45) is 2.79. The first-order chi connectivity index (χ1) is 9.51. The van der Waals surface area contributed by atoms with Gasteiger partial charge in [-0.25, -0.2) is 8.42 Å². The van der Waals surface area contributed by atoms with E-state index in [1.807, 2.05) is 18.2 Å². The molecule has 0 fully saturated rings. The Labute approximate surface area is 117 Å². The largest absolute Gasteiger partial charge is 0.454 e. The predicted octanol–water partition coefficient (Wildman–Crippen LogP) is 2.02. The highest BCUT2D eigenvalue weighted by atomic mass is 32.2. The number of aromatic nitrogens is 1. The zero-order valence-electron chi connectivity index (χ0n) is 10.9. The van der Waals surface area contributed by atoms with Crippen molar-refractivity contribution in [2.24, 2.45) is 0 Å². The molecule has 1 aliphatic rings. The average molecular weight is 291 g/mol. The maximum Gasteiger partial charge on any atom is 0.231 e. The normalized spacial score (nSPS) is 13.4. The van der Waals surface area contributed by atoms with Crippen LogP contribution in [0.2, 0.25) is 0 Å². The topological polar surface area (TPSA) is 65.5 Å². The van der Waals surface area contributed by atoms with Gasteiger partial charge in [0, 0.05) is 18.0 Å². The summed E-state index contributed by atoms with van der Waals surface area (Å²) in [4.78, 5) is 4.30. The molecule has 2 aromatic rings. The molecule has 0 unspecified atom stereocenters. The van der Waals surface area contributed by atoms with Crippen LogP contribution in [0, 0.1) is 0 Å². The highest BCUT2D eigenvalue weighted by Gasteiger charge is 2.14. The van der Waals surface area contributed by atoms with Crippen LogP contribution < -0.4 is 9.47 Å². The van der Waals surface area contributed by atoms with Gasteiger partial charge in [0.25, 0.3) is 0 Å². The highest BCUT2D eigenvalue weighted by Crippen LogP contribution is 2.35. The standard InChI is InChI=1S/C14H13NO4S/c1-20(16,17)8-10-2-4-12(15-7-10)11-3-5-13-14(6-11)19-9-18-13/h2-7H,8-9H2,1H3. The van der Waals surface area contributed by atoms with Gasteiger partial charge in [0.1, 0.15) is 0 Å². The molecule has 0 atom stereocenters. The van der Waals surface area contributed by atoms with Gasteiger partial charge in [-0.15, -0.1) is 0 Å². The lowest BCUT2D eigenvalue weighted by Crippen LogP contribution is -2.01. The van der Waals surface area contributed by atoms with E-state index in [-0.39, 0.29) is 12.5 Å². The maximum absolute atomic E-state index is 11.2. The van der Waals surface area contributed by atoms with Crippen LogP contribution in [0.15, 0.2) is 36.5 Å². The van der Waals surface area contributed by atoms with Crippen molar-refractivity contribution < 1.29 is 17.9 Å². The number of ether oxygens (including phenoxy) is 2. The fraction of sp³-hybridized carbons (Fsp3) is 0.214. The molecule has 1 aliphatic heterocycles. The summed E-state index contributed by atoms with van der Waals surface area (Å²) in [6, 6.07) is 9.17. The predicted molar refractivity (Wildman–Crippen MR) is 74.3 cm³/mol. The number of nitrogens with zero attached hydrogens (tertiary/aromatic N) is 1. The molecule has 0 amide bonds. The Hall–Kier alpha value is -2.08. The number of hydrogen-bond acceptors (Lipinski definition) is 5. The zero-order chi connectivity index (χ0) is 14.2. The van der Waals surface area contributed by atoms with Crippen LogP contribution in [0.1, 0.15) is 5.56 Å². The third kappa shape index (κ3) is 2.75. The second kappa shape index (κ2) is 4.79. The first-order valence-corrected chi connectivity index (χ1v) is 8.10. The zero-order valence-corrected chi connectivity index (χ0v) is 11.7. The molecule has 5 nitrogen and oxygen atoms in total. The minimum atomic E-state index is -3.04. The number of hydrogen-bond donors (Lipinski definition) is 0. The fourth-order valence-corrected chi connectivity index (χ4v) is 2.82. The Kier molecular flexibility index (Phi) is 3.10. The number of pyridine rings is 1. The van der Waals surface area contributed by atoms with Crippen LogP contribution in [-0.4, -0.2) is 26.5 Å². The van der Waals surface area contributed by atoms with Gasteiger partial charge in [-0.2, -0.15) is 0 Å². The van der Waals surface area contributed by atoms with Crippen molar-refractivity contribution in [1.82, 2.24) is 4.98 Å². The van der Waals surface area contributed by atoms with Crippen LogP contribution in [0.3, 0.4) is 0 Å². The molecule has 0 saturated carbocycles. The first kappa shape index (κ1) is 12.9. The lowest BCUT2D eigenvalue weighted by Gasteiger charge is -2.04. The van der Waals surface area contributed by atoms with Gasteiger partial charge in [0.15, 0.2) is 21.3 Å². The third-order valence-corrected chi connectivity index (χ3v) is 3.78. The number of fused-ring (bicyclic) bond motifs is 1. The Morgan fingerprint density at radius 1 is 1.15 bits per heavy atom. The lowest BCUT2D eigenvalue weighted by atomic mass is 10.1. The van der Waals surface area contributed by atoms with Gasteiger partial charge in [-0.1, -0.05) is 6.07 Å². The van der Waals surface area contributed by atoms with Crippen LogP contribution in [0.5, 0.6) is 11.5 Å². The van der Waals surface area contributed by atoms with Crippen molar-refractivity contribution in [3.8, 4) is 22.8 Å². The number of sulfone groups is 1. The van der Waals surface area contributed by atoms with E-state index >= 15 is 0 Å². The molecule has 0 N–H and O–H groups in total. The summed E-state index contributed by atoms with van der Waals surface area (Å²) in [5.74, 6) is 1.42. The van der Waals surface area contributed by atoms with Crippen LogP contribution in [0.4, 0.5) is 0 Å². The third-order valence-electron chi connectivity index (χ3n) is 2.92. The van der Waals surface area contributed by atoms with E-state index < -0.39 is 9.84 Å². The van der Waals surface area contributed by atoms with Gasteiger partial charge in [0.05, 0.1) is 11.4 Å². The number of benzene rings is 1. The van der Waals surface area contributed by atoms with Gasteiger partial charge in [0.2, 0.25) is 6.79 Å². The maximum atomic E-state index is 11.2. The molecule has 104 valence electrons. The molecular weight excluding hydrogens is 278 g/mol. The SMILES string of the molecule is CS(=O)(=O)Cc1ccc(-c2ccc3c(c2)OCO3)nc1. The van der Waals surface area contributed by atoms with Crippen molar-refractivity contribution >= 4 is 9.84 Å². The Morgan fingerprint density at radius 3 is 2.65 bits per heavy atom. The van der Waals surface area contributed by atoms with Crippen molar-refractivity contribution in [2.45, 2.75) is 5.75 Å². The number of rotatable bonds is 3. The molecule has 0 saturated heterocycles. The average Bonchev–Trinajstić information content (AvgIpc) is 2.85. The Morgan fingerprint density at radius 2 is 1.95 bits per heavy atom. The first-order valence-electron chi connectivity index (χ1n) is 6.04. The quantitative estimate of drug-likeness (QED) is 0.865. The summed E-state index contributed by atoms with van der Waals surface area (Å²) < 4.78 is 33.0.